The normalized spacial score (nSPS) is 9.88. The van der Waals surface area contributed by atoms with Crippen LogP contribution in [0.15, 0.2) is 30.9 Å². The van der Waals surface area contributed by atoms with E-state index in [9.17, 15) is 4.79 Å². The van der Waals surface area contributed by atoms with Crippen molar-refractivity contribution in [3.05, 3.63) is 36.4 Å². The quantitative estimate of drug-likeness (QED) is 0.681. The summed E-state index contributed by atoms with van der Waals surface area (Å²) in [6, 6.07) is 3.28. The number of carbonyl (C=O) groups excluding carboxylic acids is 1. The van der Waals surface area contributed by atoms with E-state index in [0.29, 0.717) is 5.56 Å². The highest BCUT2D eigenvalue weighted by atomic mass is 16.1. The van der Waals surface area contributed by atoms with Gasteiger partial charge in [0, 0.05) is 12.4 Å². The largest absolute Gasteiger partial charge is 0.382 e. The van der Waals surface area contributed by atoms with Crippen LogP contribution in [-0.2, 0) is 0 Å². The molecule has 2 rings (SSSR count). The van der Waals surface area contributed by atoms with Gasteiger partial charge in [0.25, 0.3) is 5.91 Å². The summed E-state index contributed by atoms with van der Waals surface area (Å²) in [7, 11) is 0. The first-order valence-electron chi connectivity index (χ1n) is 4.76. The van der Waals surface area contributed by atoms with E-state index in [1.165, 1.54) is 12.5 Å². The zero-order valence-corrected chi connectivity index (χ0v) is 8.79. The number of nitrogens with two attached hydrogens (primary N) is 2. The predicted octanol–water partition coefficient (Wildman–Crippen LogP) is 0.288. The van der Waals surface area contributed by atoms with E-state index in [1.807, 2.05) is 0 Å². The molecule has 2 heterocycles. The van der Waals surface area contributed by atoms with Crippen molar-refractivity contribution in [3.63, 3.8) is 0 Å². The molecule has 2 aromatic rings. The average molecular weight is 230 g/mol. The number of nitrogens with zero attached hydrogens (tertiary/aromatic N) is 3. The molecule has 86 valence electrons. The molecule has 0 radical (unpaired) electrons. The van der Waals surface area contributed by atoms with Gasteiger partial charge in [-0.25, -0.2) is 9.97 Å². The summed E-state index contributed by atoms with van der Waals surface area (Å²) in [5, 5.41) is 2.54. The number of hydrogen-bond acceptors (Lipinski definition) is 6. The molecule has 0 fully saturated rings. The third-order valence-electron chi connectivity index (χ3n) is 2.07. The molecule has 7 heteroatoms. The second-order valence-electron chi connectivity index (χ2n) is 3.21. The Morgan fingerprint density at radius 1 is 1.24 bits per heavy atom. The van der Waals surface area contributed by atoms with Crippen LogP contribution in [0.25, 0.3) is 0 Å². The van der Waals surface area contributed by atoms with Gasteiger partial charge in [0.05, 0.1) is 5.56 Å². The molecule has 1 amide bonds. The molecular weight excluding hydrogens is 220 g/mol. The van der Waals surface area contributed by atoms with Crippen molar-refractivity contribution in [2.24, 2.45) is 0 Å². The summed E-state index contributed by atoms with van der Waals surface area (Å²) in [4.78, 5) is 23.1. The van der Waals surface area contributed by atoms with E-state index in [-0.39, 0.29) is 23.2 Å². The molecule has 0 saturated carbocycles. The molecule has 0 aromatic carbocycles. The average Bonchev–Trinajstić information content (AvgIpc) is 2.35. The fourth-order valence-electron chi connectivity index (χ4n) is 1.22. The predicted molar refractivity (Wildman–Crippen MR) is 63.0 cm³/mol. The Labute approximate surface area is 96.9 Å². The van der Waals surface area contributed by atoms with Gasteiger partial charge in [0.2, 0.25) is 0 Å². The second kappa shape index (κ2) is 4.44. The minimum atomic E-state index is -0.369. The number of aromatic nitrogens is 3. The smallest absolute Gasteiger partial charge is 0.257 e. The van der Waals surface area contributed by atoms with Crippen molar-refractivity contribution >= 4 is 23.2 Å². The minimum Gasteiger partial charge on any atom is -0.382 e. The number of hydrogen-bond donors (Lipinski definition) is 3. The first kappa shape index (κ1) is 10.8. The molecule has 7 nitrogen and oxygen atoms in total. The van der Waals surface area contributed by atoms with E-state index < -0.39 is 0 Å². The Bertz CT molecular complexity index is 521. The van der Waals surface area contributed by atoms with Crippen LogP contribution >= 0.6 is 0 Å². The fraction of sp³-hybridized carbons (Fsp3) is 0. The maximum atomic E-state index is 11.8. The molecule has 5 N–H and O–H groups in total. The number of rotatable bonds is 2. The highest BCUT2D eigenvalue weighted by Crippen LogP contribution is 2.21. The zero-order chi connectivity index (χ0) is 12.3. The van der Waals surface area contributed by atoms with Gasteiger partial charge in [-0.1, -0.05) is 0 Å². The van der Waals surface area contributed by atoms with Gasteiger partial charge in [-0.05, 0) is 12.1 Å². The molecule has 0 aliphatic heterocycles. The van der Waals surface area contributed by atoms with E-state index >= 15 is 0 Å². The van der Waals surface area contributed by atoms with Crippen LogP contribution in [-0.4, -0.2) is 20.9 Å². The summed E-state index contributed by atoms with van der Waals surface area (Å²) < 4.78 is 0. The Hall–Kier alpha value is -2.70. The Balaban J connectivity index is 2.25. The lowest BCUT2D eigenvalue weighted by atomic mass is 10.2. The number of anilines is 3. The van der Waals surface area contributed by atoms with Gasteiger partial charge in [0.1, 0.15) is 12.0 Å². The van der Waals surface area contributed by atoms with Crippen LogP contribution in [0.3, 0.4) is 0 Å². The molecule has 0 saturated heterocycles. The van der Waals surface area contributed by atoms with E-state index in [4.69, 9.17) is 11.5 Å². The highest BCUT2D eigenvalue weighted by Gasteiger charge is 2.11. The number of pyridine rings is 1. The summed E-state index contributed by atoms with van der Waals surface area (Å²) in [5.41, 5.74) is 11.8. The van der Waals surface area contributed by atoms with Crippen molar-refractivity contribution in [1.29, 1.82) is 0 Å². The lowest BCUT2D eigenvalue weighted by Gasteiger charge is -2.08. The standard InChI is InChI=1S/C10H10N6O/c11-8-7(9(12)15-5-14-8)16-10(17)6-2-1-3-13-4-6/h1-5H,(H,16,17)(H4,11,12,14,15). The van der Waals surface area contributed by atoms with Crippen LogP contribution in [0.2, 0.25) is 0 Å². The molecule has 0 unspecified atom stereocenters. The van der Waals surface area contributed by atoms with Gasteiger partial charge < -0.3 is 16.8 Å². The Morgan fingerprint density at radius 3 is 2.53 bits per heavy atom. The van der Waals surface area contributed by atoms with Crippen LogP contribution < -0.4 is 16.8 Å². The van der Waals surface area contributed by atoms with Crippen molar-refractivity contribution in [3.8, 4) is 0 Å². The molecule has 2 aromatic heterocycles. The third-order valence-corrected chi connectivity index (χ3v) is 2.07. The highest BCUT2D eigenvalue weighted by molar-refractivity contribution is 6.06. The molecular formula is C10H10N6O. The SMILES string of the molecule is Nc1ncnc(N)c1NC(=O)c1cccnc1. The van der Waals surface area contributed by atoms with Crippen molar-refractivity contribution in [2.45, 2.75) is 0 Å². The molecule has 0 aliphatic carbocycles. The maximum Gasteiger partial charge on any atom is 0.257 e. The summed E-state index contributed by atoms with van der Waals surface area (Å²) in [5.74, 6) is -0.129. The van der Waals surface area contributed by atoms with Gasteiger partial charge >= 0.3 is 0 Å². The van der Waals surface area contributed by atoms with Crippen molar-refractivity contribution < 1.29 is 4.79 Å². The summed E-state index contributed by atoms with van der Waals surface area (Å²) in [6.45, 7) is 0. The lowest BCUT2D eigenvalue weighted by Crippen LogP contribution is -2.16. The number of carbonyl (C=O) groups is 1. The van der Waals surface area contributed by atoms with Crippen LogP contribution in [0.1, 0.15) is 10.4 Å². The van der Waals surface area contributed by atoms with Crippen LogP contribution in [0, 0.1) is 0 Å². The number of nitrogens with one attached hydrogen (secondary N) is 1. The third kappa shape index (κ3) is 2.28. The lowest BCUT2D eigenvalue weighted by molar-refractivity contribution is 0.102. The van der Waals surface area contributed by atoms with Crippen LogP contribution in [0.5, 0.6) is 0 Å². The summed E-state index contributed by atoms with van der Waals surface area (Å²) in [6.07, 6.45) is 4.24. The van der Waals surface area contributed by atoms with Gasteiger partial charge in [0.15, 0.2) is 11.6 Å². The Kier molecular flexibility index (Phi) is 2.82. The number of nitrogen functional groups attached to an aromatic ring is 2. The number of amides is 1. The molecule has 17 heavy (non-hydrogen) atoms. The topological polar surface area (TPSA) is 120 Å². The summed E-state index contributed by atoms with van der Waals surface area (Å²) >= 11 is 0. The monoisotopic (exact) mass is 230 g/mol. The van der Waals surface area contributed by atoms with Crippen molar-refractivity contribution in [1.82, 2.24) is 15.0 Å². The van der Waals surface area contributed by atoms with Crippen molar-refractivity contribution in [2.75, 3.05) is 16.8 Å². The Morgan fingerprint density at radius 2 is 1.94 bits per heavy atom. The minimum absolute atomic E-state index is 0.120. The van der Waals surface area contributed by atoms with E-state index in [1.54, 1.807) is 18.3 Å². The van der Waals surface area contributed by atoms with Gasteiger partial charge in [-0.15, -0.1) is 0 Å². The molecule has 0 atom stereocenters. The molecule has 0 aliphatic rings. The van der Waals surface area contributed by atoms with Crippen LogP contribution in [0.4, 0.5) is 17.3 Å². The fourth-order valence-corrected chi connectivity index (χ4v) is 1.22. The molecule has 0 bridgehead atoms. The molecule has 0 spiro atoms. The zero-order valence-electron chi connectivity index (χ0n) is 8.79. The first-order valence-corrected chi connectivity index (χ1v) is 4.76. The van der Waals surface area contributed by atoms with E-state index in [0.717, 1.165) is 0 Å². The van der Waals surface area contributed by atoms with Gasteiger partial charge in [-0.3, -0.25) is 9.78 Å². The maximum absolute atomic E-state index is 11.8. The van der Waals surface area contributed by atoms with Gasteiger partial charge in [-0.2, -0.15) is 0 Å². The second-order valence-corrected chi connectivity index (χ2v) is 3.21. The first-order chi connectivity index (χ1) is 8.18. The van der Waals surface area contributed by atoms with E-state index in [2.05, 4.69) is 20.3 Å².